The summed E-state index contributed by atoms with van der Waals surface area (Å²) in [6.45, 7) is 4.00. The number of rotatable bonds is 8. The maximum atomic E-state index is 12.3. The standard InChI is InChI=1S/C15H18ClN3O2S2/c1-3-9-22-15-19-18-14(23-15)17-13(20)12(4-2)21-11-7-5-10(16)6-8-11/h5-8,12H,3-4,9H2,1-2H3,(H,17,18,20). The van der Waals surface area contributed by atoms with Crippen molar-refractivity contribution in [3.8, 4) is 5.75 Å². The van der Waals surface area contributed by atoms with Crippen LogP contribution in [0.25, 0.3) is 0 Å². The SMILES string of the molecule is CCCSc1nnc(NC(=O)C(CC)Oc2ccc(Cl)cc2)s1. The first-order chi connectivity index (χ1) is 11.1. The van der Waals surface area contributed by atoms with Gasteiger partial charge in [-0.1, -0.05) is 48.5 Å². The third-order valence-corrected chi connectivity index (χ3v) is 5.25. The van der Waals surface area contributed by atoms with Crippen LogP contribution in [0.2, 0.25) is 5.02 Å². The van der Waals surface area contributed by atoms with Crippen molar-refractivity contribution in [3.63, 3.8) is 0 Å². The third-order valence-electron chi connectivity index (χ3n) is 2.82. The molecule has 0 radical (unpaired) electrons. The average Bonchev–Trinajstić information content (AvgIpc) is 2.99. The molecule has 2 rings (SSSR count). The van der Waals surface area contributed by atoms with E-state index in [1.807, 2.05) is 6.92 Å². The predicted octanol–water partition coefficient (Wildman–Crippen LogP) is 4.49. The van der Waals surface area contributed by atoms with Crippen LogP contribution in [0.3, 0.4) is 0 Å². The van der Waals surface area contributed by atoms with Gasteiger partial charge in [0.15, 0.2) is 10.4 Å². The fraction of sp³-hybridized carbons (Fsp3) is 0.400. The Morgan fingerprint density at radius 2 is 2.09 bits per heavy atom. The summed E-state index contributed by atoms with van der Waals surface area (Å²) >= 11 is 8.85. The summed E-state index contributed by atoms with van der Waals surface area (Å²) in [5.74, 6) is 1.36. The average molecular weight is 372 g/mol. The van der Waals surface area contributed by atoms with Gasteiger partial charge in [0.25, 0.3) is 5.91 Å². The number of carbonyl (C=O) groups is 1. The zero-order valence-electron chi connectivity index (χ0n) is 12.9. The lowest BCUT2D eigenvalue weighted by atomic mass is 10.2. The summed E-state index contributed by atoms with van der Waals surface area (Å²) in [6.07, 6.45) is 1.02. The number of carbonyl (C=O) groups excluding carboxylic acids is 1. The summed E-state index contributed by atoms with van der Waals surface area (Å²) in [5, 5.41) is 11.9. The molecule has 0 spiro atoms. The summed E-state index contributed by atoms with van der Waals surface area (Å²) in [5.41, 5.74) is 0. The first kappa shape index (κ1) is 18.0. The number of anilines is 1. The van der Waals surface area contributed by atoms with Gasteiger partial charge in [0.05, 0.1) is 0 Å². The van der Waals surface area contributed by atoms with Gasteiger partial charge in [0.2, 0.25) is 5.13 Å². The highest BCUT2D eigenvalue weighted by molar-refractivity contribution is 8.01. The second-order valence-electron chi connectivity index (χ2n) is 4.68. The zero-order valence-corrected chi connectivity index (χ0v) is 15.3. The minimum absolute atomic E-state index is 0.231. The Kier molecular flexibility index (Phi) is 7.14. The van der Waals surface area contributed by atoms with E-state index in [-0.39, 0.29) is 5.91 Å². The Hall–Kier alpha value is -1.31. The molecule has 5 nitrogen and oxygen atoms in total. The van der Waals surface area contributed by atoms with E-state index < -0.39 is 6.10 Å². The van der Waals surface area contributed by atoms with Gasteiger partial charge in [-0.2, -0.15) is 0 Å². The van der Waals surface area contributed by atoms with Gasteiger partial charge >= 0.3 is 0 Å². The van der Waals surface area contributed by atoms with Crippen molar-refractivity contribution in [2.24, 2.45) is 0 Å². The van der Waals surface area contributed by atoms with Crippen molar-refractivity contribution in [2.75, 3.05) is 11.1 Å². The van der Waals surface area contributed by atoms with Gasteiger partial charge in [-0.05, 0) is 37.1 Å². The first-order valence-electron chi connectivity index (χ1n) is 7.31. The second-order valence-corrected chi connectivity index (χ2v) is 7.44. The highest BCUT2D eigenvalue weighted by Crippen LogP contribution is 2.26. The molecule has 1 N–H and O–H groups in total. The number of nitrogens with one attached hydrogen (secondary N) is 1. The molecule has 0 saturated heterocycles. The maximum absolute atomic E-state index is 12.3. The molecule has 0 aliphatic rings. The second kappa shape index (κ2) is 9.10. The molecule has 0 fully saturated rings. The van der Waals surface area contributed by atoms with Crippen LogP contribution in [0.1, 0.15) is 26.7 Å². The van der Waals surface area contributed by atoms with Crippen LogP contribution in [0.15, 0.2) is 28.6 Å². The Labute approximate surface area is 148 Å². The minimum Gasteiger partial charge on any atom is -0.481 e. The van der Waals surface area contributed by atoms with Crippen LogP contribution < -0.4 is 10.1 Å². The summed E-state index contributed by atoms with van der Waals surface area (Å²) in [6, 6.07) is 6.93. The number of nitrogens with zero attached hydrogens (tertiary/aromatic N) is 2. The van der Waals surface area contributed by atoms with Gasteiger partial charge in [0, 0.05) is 10.8 Å². The van der Waals surface area contributed by atoms with Crippen molar-refractivity contribution in [1.29, 1.82) is 0 Å². The summed E-state index contributed by atoms with van der Waals surface area (Å²) < 4.78 is 6.56. The Morgan fingerprint density at radius 3 is 2.74 bits per heavy atom. The van der Waals surface area contributed by atoms with Crippen molar-refractivity contribution in [1.82, 2.24) is 10.2 Å². The van der Waals surface area contributed by atoms with E-state index in [4.69, 9.17) is 16.3 Å². The molecule has 124 valence electrons. The molecular weight excluding hydrogens is 354 g/mol. The van der Waals surface area contributed by atoms with E-state index in [1.165, 1.54) is 11.3 Å². The molecule has 1 amide bonds. The maximum Gasteiger partial charge on any atom is 0.267 e. The summed E-state index contributed by atoms with van der Waals surface area (Å²) in [7, 11) is 0. The normalized spacial score (nSPS) is 12.0. The topological polar surface area (TPSA) is 64.1 Å². The van der Waals surface area contributed by atoms with E-state index in [1.54, 1.807) is 36.0 Å². The molecular formula is C15H18ClN3O2S2. The van der Waals surface area contributed by atoms with Crippen LogP contribution in [0.5, 0.6) is 5.75 Å². The highest BCUT2D eigenvalue weighted by atomic mass is 35.5. The van der Waals surface area contributed by atoms with Gasteiger partial charge < -0.3 is 4.74 Å². The molecule has 1 atom stereocenters. The van der Waals surface area contributed by atoms with Crippen LogP contribution in [-0.4, -0.2) is 28.0 Å². The molecule has 1 heterocycles. The number of amides is 1. The molecule has 1 aromatic heterocycles. The molecule has 2 aromatic rings. The van der Waals surface area contributed by atoms with Crippen molar-refractivity contribution < 1.29 is 9.53 Å². The Morgan fingerprint density at radius 1 is 1.35 bits per heavy atom. The minimum atomic E-state index is -0.591. The summed E-state index contributed by atoms with van der Waals surface area (Å²) in [4.78, 5) is 12.3. The van der Waals surface area contributed by atoms with Gasteiger partial charge in [-0.25, -0.2) is 0 Å². The molecule has 8 heteroatoms. The van der Waals surface area contributed by atoms with Gasteiger partial charge in [-0.3, -0.25) is 10.1 Å². The lowest BCUT2D eigenvalue weighted by Crippen LogP contribution is -2.32. The zero-order chi connectivity index (χ0) is 16.7. The van der Waals surface area contributed by atoms with Crippen LogP contribution in [0.4, 0.5) is 5.13 Å². The van der Waals surface area contributed by atoms with Crippen molar-refractivity contribution >= 4 is 45.7 Å². The van der Waals surface area contributed by atoms with Gasteiger partial charge in [0.1, 0.15) is 5.75 Å². The van der Waals surface area contributed by atoms with Crippen LogP contribution >= 0.6 is 34.7 Å². The van der Waals surface area contributed by atoms with Crippen molar-refractivity contribution in [2.45, 2.75) is 37.1 Å². The fourth-order valence-electron chi connectivity index (χ4n) is 1.69. The lowest BCUT2D eigenvalue weighted by molar-refractivity contribution is -0.122. The number of halogens is 1. The van der Waals surface area contributed by atoms with Gasteiger partial charge in [-0.15, -0.1) is 10.2 Å². The number of hydrogen-bond donors (Lipinski definition) is 1. The Bertz CT molecular complexity index is 634. The number of ether oxygens (including phenoxy) is 1. The van der Waals surface area contributed by atoms with E-state index in [0.717, 1.165) is 16.5 Å². The number of thioether (sulfide) groups is 1. The quantitative estimate of drug-likeness (QED) is 0.547. The number of aromatic nitrogens is 2. The van der Waals surface area contributed by atoms with E-state index in [0.29, 0.717) is 22.3 Å². The molecule has 0 bridgehead atoms. The monoisotopic (exact) mass is 371 g/mol. The molecule has 0 aliphatic heterocycles. The third kappa shape index (κ3) is 5.67. The lowest BCUT2D eigenvalue weighted by Gasteiger charge is -2.16. The predicted molar refractivity (Wildman–Crippen MR) is 95.7 cm³/mol. The van der Waals surface area contributed by atoms with Crippen LogP contribution in [-0.2, 0) is 4.79 Å². The first-order valence-corrected chi connectivity index (χ1v) is 9.49. The van der Waals surface area contributed by atoms with Crippen molar-refractivity contribution in [3.05, 3.63) is 29.3 Å². The molecule has 23 heavy (non-hydrogen) atoms. The Balaban J connectivity index is 1.94. The smallest absolute Gasteiger partial charge is 0.267 e. The highest BCUT2D eigenvalue weighted by Gasteiger charge is 2.20. The number of hydrogen-bond acceptors (Lipinski definition) is 6. The molecule has 0 aliphatic carbocycles. The largest absolute Gasteiger partial charge is 0.481 e. The van der Waals surface area contributed by atoms with E-state index in [2.05, 4.69) is 22.4 Å². The fourth-order valence-corrected chi connectivity index (χ4v) is 3.50. The molecule has 0 saturated carbocycles. The molecule has 1 unspecified atom stereocenters. The van der Waals surface area contributed by atoms with E-state index in [9.17, 15) is 4.79 Å². The van der Waals surface area contributed by atoms with E-state index >= 15 is 0 Å². The molecule has 1 aromatic carbocycles. The van der Waals surface area contributed by atoms with Crippen LogP contribution in [0, 0.1) is 0 Å². The number of benzene rings is 1.